The Balaban J connectivity index is 2.03. The number of carbonyl (C=O) groups is 2. The number of amides is 2. The van der Waals surface area contributed by atoms with Crippen LogP contribution in [0.3, 0.4) is 0 Å². The second-order valence-corrected chi connectivity index (χ2v) is 13.2. The molecule has 0 spiro atoms. The van der Waals surface area contributed by atoms with Crippen molar-refractivity contribution in [3.63, 3.8) is 0 Å². The molecular formula is C30H35Br2N3O5S. The van der Waals surface area contributed by atoms with Crippen molar-refractivity contribution in [1.82, 2.24) is 10.2 Å². The number of anilines is 1. The van der Waals surface area contributed by atoms with Gasteiger partial charge in [-0.3, -0.25) is 13.9 Å². The highest BCUT2D eigenvalue weighted by Gasteiger charge is 2.33. The summed E-state index contributed by atoms with van der Waals surface area (Å²) in [7, 11) is -4.16. The Hall–Kier alpha value is -2.89. The first-order valence-corrected chi connectivity index (χ1v) is 16.3. The van der Waals surface area contributed by atoms with E-state index >= 15 is 0 Å². The fourth-order valence-electron chi connectivity index (χ4n) is 4.02. The molecule has 0 aromatic heterocycles. The number of rotatable bonds is 13. The number of nitrogens with zero attached hydrogens (tertiary/aromatic N) is 2. The number of sulfonamides is 1. The predicted molar refractivity (Wildman–Crippen MR) is 168 cm³/mol. The molecule has 3 rings (SSSR count). The van der Waals surface area contributed by atoms with Gasteiger partial charge in [-0.15, -0.1) is 0 Å². The molecule has 41 heavy (non-hydrogen) atoms. The normalized spacial score (nSPS) is 12.7. The molecule has 2 atom stereocenters. The Kier molecular flexibility index (Phi) is 11.8. The van der Waals surface area contributed by atoms with Crippen molar-refractivity contribution < 1.29 is 22.7 Å². The molecule has 0 unspecified atom stereocenters. The summed E-state index contributed by atoms with van der Waals surface area (Å²) in [6.45, 7) is 7.42. The van der Waals surface area contributed by atoms with Crippen molar-refractivity contribution in [3.8, 4) is 5.75 Å². The van der Waals surface area contributed by atoms with E-state index in [9.17, 15) is 18.0 Å². The molecule has 8 nitrogen and oxygen atoms in total. The highest BCUT2D eigenvalue weighted by atomic mass is 79.9. The summed E-state index contributed by atoms with van der Waals surface area (Å²) in [6, 6.07) is 19.2. The molecule has 0 radical (unpaired) electrons. The molecule has 220 valence electrons. The molecule has 0 fully saturated rings. The second kappa shape index (κ2) is 14.8. The lowest BCUT2D eigenvalue weighted by Gasteiger charge is -2.32. The van der Waals surface area contributed by atoms with Gasteiger partial charge in [-0.25, -0.2) is 8.42 Å². The van der Waals surface area contributed by atoms with Crippen LogP contribution in [0.4, 0.5) is 5.69 Å². The van der Waals surface area contributed by atoms with Crippen LogP contribution in [-0.2, 0) is 26.2 Å². The van der Waals surface area contributed by atoms with Gasteiger partial charge in [0.1, 0.15) is 18.3 Å². The zero-order valence-electron chi connectivity index (χ0n) is 23.5. The third kappa shape index (κ3) is 8.80. The van der Waals surface area contributed by atoms with Crippen LogP contribution in [0.2, 0.25) is 0 Å². The molecule has 2 amide bonds. The quantitative estimate of drug-likeness (QED) is 0.230. The Morgan fingerprint density at radius 2 is 1.59 bits per heavy atom. The van der Waals surface area contributed by atoms with Crippen molar-refractivity contribution in [3.05, 3.63) is 87.3 Å². The van der Waals surface area contributed by atoms with E-state index in [4.69, 9.17) is 4.74 Å². The van der Waals surface area contributed by atoms with Crippen LogP contribution in [0.5, 0.6) is 5.75 Å². The third-order valence-electron chi connectivity index (χ3n) is 6.53. The summed E-state index contributed by atoms with van der Waals surface area (Å²) < 4.78 is 36.0. The van der Waals surface area contributed by atoms with Gasteiger partial charge in [0.2, 0.25) is 11.8 Å². The van der Waals surface area contributed by atoms with Crippen molar-refractivity contribution in [2.45, 2.75) is 57.6 Å². The van der Waals surface area contributed by atoms with E-state index < -0.39 is 28.5 Å². The number of hydrogen-bond donors (Lipinski definition) is 1. The minimum atomic E-state index is -4.16. The van der Waals surface area contributed by atoms with E-state index in [0.717, 1.165) is 25.2 Å². The van der Waals surface area contributed by atoms with Crippen molar-refractivity contribution in [2.24, 2.45) is 0 Å². The fraction of sp³-hybridized carbons (Fsp3) is 0.333. The molecule has 0 heterocycles. The molecule has 3 aromatic rings. The van der Waals surface area contributed by atoms with Gasteiger partial charge in [-0.1, -0.05) is 50.9 Å². The van der Waals surface area contributed by atoms with Gasteiger partial charge in [0.15, 0.2) is 0 Å². The number of hydrogen-bond acceptors (Lipinski definition) is 5. The Morgan fingerprint density at radius 3 is 2.17 bits per heavy atom. The lowest BCUT2D eigenvalue weighted by atomic mass is 10.1. The zero-order chi connectivity index (χ0) is 30.2. The van der Waals surface area contributed by atoms with Crippen LogP contribution in [0.25, 0.3) is 0 Å². The van der Waals surface area contributed by atoms with E-state index in [1.807, 2.05) is 45.0 Å². The predicted octanol–water partition coefficient (Wildman–Crippen LogP) is 6.14. The average Bonchev–Trinajstić information content (AvgIpc) is 2.95. The monoisotopic (exact) mass is 707 g/mol. The lowest BCUT2D eigenvalue weighted by Crippen LogP contribution is -2.52. The van der Waals surface area contributed by atoms with Gasteiger partial charge in [-0.2, -0.15) is 0 Å². The van der Waals surface area contributed by atoms with Crippen LogP contribution in [0.15, 0.2) is 86.6 Å². The van der Waals surface area contributed by atoms with Crippen LogP contribution >= 0.6 is 31.9 Å². The van der Waals surface area contributed by atoms with Gasteiger partial charge in [0.25, 0.3) is 10.0 Å². The third-order valence-corrected chi connectivity index (χ3v) is 9.34. The van der Waals surface area contributed by atoms with Crippen LogP contribution in [-0.4, -0.2) is 50.4 Å². The van der Waals surface area contributed by atoms with E-state index in [2.05, 4.69) is 37.2 Å². The molecule has 0 saturated heterocycles. The SMILES string of the molecule is CCOc1ccc(N(CC(=O)N(Cc2cccc(Br)c2)[C@H](C)C(=O)N[C@H](C)CC)S(=O)(=O)c2ccc(Br)cc2)cc1. The highest BCUT2D eigenvalue weighted by Crippen LogP contribution is 2.27. The Labute approximate surface area is 259 Å². The van der Waals surface area contributed by atoms with E-state index in [0.29, 0.717) is 18.0 Å². The summed E-state index contributed by atoms with van der Waals surface area (Å²) in [5.74, 6) is -0.257. The van der Waals surface area contributed by atoms with Gasteiger partial charge in [0, 0.05) is 21.5 Å². The molecule has 0 aliphatic rings. The van der Waals surface area contributed by atoms with Crippen molar-refractivity contribution in [1.29, 1.82) is 0 Å². The lowest BCUT2D eigenvalue weighted by molar-refractivity contribution is -0.139. The molecular weight excluding hydrogens is 674 g/mol. The Bertz CT molecular complexity index is 1430. The maximum absolute atomic E-state index is 14.0. The minimum Gasteiger partial charge on any atom is -0.494 e. The summed E-state index contributed by atoms with van der Waals surface area (Å²) in [6.07, 6.45) is 0.731. The van der Waals surface area contributed by atoms with Crippen LogP contribution in [0, 0.1) is 0 Å². The molecule has 3 aromatic carbocycles. The van der Waals surface area contributed by atoms with Gasteiger partial charge in [0.05, 0.1) is 17.2 Å². The standard InChI is InChI=1S/C30H35Br2N3O5S/c1-5-21(3)33-30(37)22(4)34(19-23-8-7-9-25(32)18-23)29(36)20-35(26-12-14-27(15-13-26)40-6-2)41(38,39)28-16-10-24(31)11-17-28/h7-18,21-22H,5-6,19-20H2,1-4H3,(H,33,37)/t21-,22-/m1/s1. The molecule has 11 heteroatoms. The summed E-state index contributed by atoms with van der Waals surface area (Å²) in [5, 5.41) is 2.93. The van der Waals surface area contributed by atoms with E-state index in [1.54, 1.807) is 43.3 Å². The maximum Gasteiger partial charge on any atom is 0.264 e. The zero-order valence-corrected chi connectivity index (χ0v) is 27.5. The van der Waals surface area contributed by atoms with E-state index in [-0.39, 0.29) is 23.4 Å². The highest BCUT2D eigenvalue weighted by molar-refractivity contribution is 9.10. The molecule has 0 bridgehead atoms. The number of ether oxygens (including phenoxy) is 1. The summed E-state index contributed by atoms with van der Waals surface area (Å²) in [4.78, 5) is 28.6. The average molecular weight is 710 g/mol. The first kappa shape index (κ1) is 32.6. The number of nitrogens with one attached hydrogen (secondary N) is 1. The second-order valence-electron chi connectivity index (χ2n) is 9.54. The molecule has 0 saturated carbocycles. The smallest absolute Gasteiger partial charge is 0.264 e. The number of halogens is 2. The fourth-order valence-corrected chi connectivity index (χ4v) is 6.14. The maximum atomic E-state index is 14.0. The number of benzene rings is 3. The first-order chi connectivity index (χ1) is 19.5. The van der Waals surface area contributed by atoms with Gasteiger partial charge in [-0.05, 0) is 93.4 Å². The topological polar surface area (TPSA) is 96.0 Å². The summed E-state index contributed by atoms with van der Waals surface area (Å²) >= 11 is 6.80. The van der Waals surface area contributed by atoms with E-state index in [1.165, 1.54) is 17.0 Å². The van der Waals surface area contributed by atoms with Crippen molar-refractivity contribution in [2.75, 3.05) is 17.5 Å². The first-order valence-electron chi connectivity index (χ1n) is 13.3. The minimum absolute atomic E-state index is 0.0310. The Morgan fingerprint density at radius 1 is 0.927 bits per heavy atom. The summed E-state index contributed by atoms with van der Waals surface area (Å²) in [5.41, 5.74) is 1.09. The van der Waals surface area contributed by atoms with Crippen molar-refractivity contribution >= 4 is 59.4 Å². The number of carbonyl (C=O) groups excluding carboxylic acids is 2. The van der Waals surface area contributed by atoms with Gasteiger partial charge >= 0.3 is 0 Å². The van der Waals surface area contributed by atoms with Gasteiger partial charge < -0.3 is 15.0 Å². The molecule has 0 aliphatic heterocycles. The molecule has 1 N–H and O–H groups in total. The largest absolute Gasteiger partial charge is 0.494 e. The molecule has 0 aliphatic carbocycles. The van der Waals surface area contributed by atoms with Crippen LogP contribution < -0.4 is 14.4 Å². The van der Waals surface area contributed by atoms with Crippen LogP contribution in [0.1, 0.15) is 39.7 Å².